The average Bonchev–Trinajstić information content (AvgIpc) is 3.13. The van der Waals surface area contributed by atoms with Crippen molar-refractivity contribution in [1.29, 1.82) is 0 Å². The van der Waals surface area contributed by atoms with Crippen molar-refractivity contribution in [3.8, 4) is 16.9 Å². The maximum Gasteiger partial charge on any atom is 0.343 e. The van der Waals surface area contributed by atoms with Crippen molar-refractivity contribution in [1.82, 2.24) is 14.6 Å². The minimum atomic E-state index is -0.529. The van der Waals surface area contributed by atoms with Crippen molar-refractivity contribution in [2.45, 2.75) is 13.5 Å². The fourth-order valence-corrected chi connectivity index (χ4v) is 3.08. The highest BCUT2D eigenvalue weighted by atomic mass is 16.5. The topological polar surface area (TPSA) is 91.7 Å². The van der Waals surface area contributed by atoms with E-state index in [1.165, 1.54) is 10.7 Å². The molecule has 7 nitrogen and oxygen atoms in total. The normalized spacial score (nSPS) is 10.8. The molecule has 146 valence electrons. The Bertz CT molecular complexity index is 1140. The Morgan fingerprint density at radius 3 is 2.45 bits per heavy atom. The molecule has 0 fully saturated rings. The van der Waals surface area contributed by atoms with Gasteiger partial charge in [0.15, 0.2) is 5.65 Å². The summed E-state index contributed by atoms with van der Waals surface area (Å²) in [5.41, 5.74) is 9.37. The van der Waals surface area contributed by atoms with E-state index in [4.69, 9.17) is 15.2 Å². The van der Waals surface area contributed by atoms with Gasteiger partial charge in [0.2, 0.25) is 0 Å². The number of ether oxygens (including phenoxy) is 2. The standard InChI is InChI=1S/C22H20N4O3/c1-2-28-22(27)17-13-24-21-19(15-9-5-3-6-10-15)18(25-26(21)20(17)23)14-29-16-11-7-4-8-12-16/h3-13H,2,14,23H2,1H3. The molecule has 0 unspecified atom stereocenters. The number of hydrogen-bond donors (Lipinski definition) is 1. The highest BCUT2D eigenvalue weighted by Gasteiger charge is 2.22. The molecule has 2 N–H and O–H groups in total. The van der Waals surface area contributed by atoms with Crippen LogP contribution in [0.25, 0.3) is 16.8 Å². The number of nitrogens with zero attached hydrogens (tertiary/aromatic N) is 3. The number of esters is 1. The van der Waals surface area contributed by atoms with Crippen molar-refractivity contribution in [3.05, 3.63) is 78.1 Å². The van der Waals surface area contributed by atoms with Gasteiger partial charge in [-0.05, 0) is 24.6 Å². The lowest BCUT2D eigenvalue weighted by molar-refractivity contribution is 0.0526. The van der Waals surface area contributed by atoms with E-state index in [2.05, 4.69) is 10.1 Å². The molecule has 0 amide bonds. The third-order valence-electron chi connectivity index (χ3n) is 4.43. The highest BCUT2D eigenvalue weighted by Crippen LogP contribution is 2.30. The van der Waals surface area contributed by atoms with Gasteiger partial charge in [-0.25, -0.2) is 9.78 Å². The van der Waals surface area contributed by atoms with Crippen LogP contribution in [-0.4, -0.2) is 27.2 Å². The van der Waals surface area contributed by atoms with E-state index in [-0.39, 0.29) is 24.6 Å². The highest BCUT2D eigenvalue weighted by molar-refractivity contribution is 5.95. The van der Waals surface area contributed by atoms with E-state index in [9.17, 15) is 4.79 Å². The Hall–Kier alpha value is -3.87. The van der Waals surface area contributed by atoms with Gasteiger partial charge < -0.3 is 15.2 Å². The lowest BCUT2D eigenvalue weighted by Crippen LogP contribution is -2.12. The van der Waals surface area contributed by atoms with Crippen LogP contribution in [-0.2, 0) is 11.3 Å². The Morgan fingerprint density at radius 1 is 1.07 bits per heavy atom. The number of carbonyl (C=O) groups excluding carboxylic acids is 1. The smallest absolute Gasteiger partial charge is 0.343 e. The number of nitrogens with two attached hydrogens (primary N) is 1. The van der Waals surface area contributed by atoms with Gasteiger partial charge in [-0.1, -0.05) is 48.5 Å². The third-order valence-corrected chi connectivity index (χ3v) is 4.43. The van der Waals surface area contributed by atoms with Gasteiger partial charge in [0.05, 0.1) is 12.2 Å². The van der Waals surface area contributed by atoms with Crippen LogP contribution in [0.2, 0.25) is 0 Å². The van der Waals surface area contributed by atoms with Crippen molar-refractivity contribution in [2.75, 3.05) is 12.3 Å². The molecule has 0 bridgehead atoms. The number of carbonyl (C=O) groups is 1. The minimum Gasteiger partial charge on any atom is -0.487 e. The summed E-state index contributed by atoms with van der Waals surface area (Å²) in [5, 5.41) is 4.60. The van der Waals surface area contributed by atoms with Crippen molar-refractivity contribution in [3.63, 3.8) is 0 Å². The van der Waals surface area contributed by atoms with E-state index in [1.54, 1.807) is 6.92 Å². The Kier molecular flexibility index (Phi) is 5.11. The number of aromatic nitrogens is 3. The molecule has 2 heterocycles. The van der Waals surface area contributed by atoms with E-state index >= 15 is 0 Å². The molecule has 0 aliphatic carbocycles. The summed E-state index contributed by atoms with van der Waals surface area (Å²) < 4.78 is 12.4. The molecule has 4 rings (SSSR count). The Balaban J connectivity index is 1.82. The molecule has 0 radical (unpaired) electrons. The summed E-state index contributed by atoms with van der Waals surface area (Å²) in [5.74, 6) is 0.381. The minimum absolute atomic E-state index is 0.177. The molecular formula is C22H20N4O3. The van der Waals surface area contributed by atoms with Gasteiger partial charge in [-0.2, -0.15) is 9.61 Å². The first-order chi connectivity index (χ1) is 14.2. The molecule has 2 aromatic carbocycles. The van der Waals surface area contributed by atoms with Gasteiger partial charge in [-0.3, -0.25) is 0 Å². The second-order valence-corrected chi connectivity index (χ2v) is 6.30. The zero-order valence-corrected chi connectivity index (χ0v) is 15.9. The van der Waals surface area contributed by atoms with Crippen LogP contribution in [0.3, 0.4) is 0 Å². The van der Waals surface area contributed by atoms with Crippen LogP contribution < -0.4 is 10.5 Å². The molecule has 0 spiro atoms. The molecule has 2 aromatic heterocycles. The lowest BCUT2D eigenvalue weighted by Gasteiger charge is -2.07. The van der Waals surface area contributed by atoms with Crippen LogP contribution in [0.15, 0.2) is 66.9 Å². The zero-order valence-electron chi connectivity index (χ0n) is 15.9. The van der Waals surface area contributed by atoms with Gasteiger partial charge in [0.25, 0.3) is 0 Å². The van der Waals surface area contributed by atoms with Crippen LogP contribution in [0.5, 0.6) is 5.75 Å². The summed E-state index contributed by atoms with van der Waals surface area (Å²) in [6.07, 6.45) is 1.43. The predicted octanol–water partition coefficient (Wildman–Crippen LogP) is 3.73. The molecule has 0 aliphatic heterocycles. The van der Waals surface area contributed by atoms with E-state index in [0.717, 1.165) is 16.9 Å². The van der Waals surface area contributed by atoms with Gasteiger partial charge in [-0.15, -0.1) is 0 Å². The molecule has 0 aliphatic rings. The van der Waals surface area contributed by atoms with Crippen LogP contribution in [0.1, 0.15) is 23.0 Å². The summed E-state index contributed by atoms with van der Waals surface area (Å²) in [4.78, 5) is 16.6. The van der Waals surface area contributed by atoms with Crippen molar-refractivity contribution < 1.29 is 14.3 Å². The zero-order chi connectivity index (χ0) is 20.2. The SMILES string of the molecule is CCOC(=O)c1cnc2c(-c3ccccc3)c(COc3ccccc3)nn2c1N. The van der Waals surface area contributed by atoms with E-state index < -0.39 is 5.97 Å². The number of hydrogen-bond acceptors (Lipinski definition) is 6. The maximum atomic E-state index is 12.2. The lowest BCUT2D eigenvalue weighted by atomic mass is 10.1. The number of para-hydroxylation sites is 1. The summed E-state index contributed by atoms with van der Waals surface area (Å²) in [7, 11) is 0. The first kappa shape index (κ1) is 18.5. The van der Waals surface area contributed by atoms with E-state index in [0.29, 0.717) is 11.3 Å². The van der Waals surface area contributed by atoms with Crippen molar-refractivity contribution >= 4 is 17.4 Å². The monoisotopic (exact) mass is 388 g/mol. The van der Waals surface area contributed by atoms with Gasteiger partial charge >= 0.3 is 5.97 Å². The molecule has 0 saturated heterocycles. The molecular weight excluding hydrogens is 368 g/mol. The van der Waals surface area contributed by atoms with Crippen LogP contribution >= 0.6 is 0 Å². The predicted molar refractivity (Wildman–Crippen MR) is 110 cm³/mol. The summed E-state index contributed by atoms with van der Waals surface area (Å²) in [6.45, 7) is 2.22. The molecule has 7 heteroatoms. The van der Waals surface area contributed by atoms with Crippen LogP contribution in [0.4, 0.5) is 5.82 Å². The third kappa shape index (κ3) is 3.62. The maximum absolute atomic E-state index is 12.2. The fraction of sp³-hybridized carbons (Fsp3) is 0.136. The summed E-state index contributed by atoms with van der Waals surface area (Å²) in [6, 6.07) is 19.3. The molecule has 4 aromatic rings. The molecule has 29 heavy (non-hydrogen) atoms. The largest absolute Gasteiger partial charge is 0.487 e. The number of anilines is 1. The number of benzene rings is 2. The van der Waals surface area contributed by atoms with Crippen LogP contribution in [0, 0.1) is 0 Å². The second-order valence-electron chi connectivity index (χ2n) is 6.30. The molecule has 0 atom stereocenters. The number of fused-ring (bicyclic) bond motifs is 1. The first-order valence-electron chi connectivity index (χ1n) is 9.25. The average molecular weight is 388 g/mol. The Labute approximate surface area is 167 Å². The van der Waals surface area contributed by atoms with Gasteiger partial charge in [0, 0.05) is 6.20 Å². The second kappa shape index (κ2) is 8.02. The molecule has 0 saturated carbocycles. The first-order valence-corrected chi connectivity index (χ1v) is 9.25. The summed E-state index contributed by atoms with van der Waals surface area (Å²) >= 11 is 0. The van der Waals surface area contributed by atoms with Crippen molar-refractivity contribution in [2.24, 2.45) is 0 Å². The number of rotatable bonds is 6. The quantitative estimate of drug-likeness (QED) is 0.506. The number of nitrogen functional groups attached to an aromatic ring is 1. The van der Waals surface area contributed by atoms with Gasteiger partial charge in [0.1, 0.15) is 29.4 Å². The Morgan fingerprint density at radius 2 is 1.76 bits per heavy atom. The fourth-order valence-electron chi connectivity index (χ4n) is 3.08. The van der Waals surface area contributed by atoms with E-state index in [1.807, 2.05) is 60.7 Å².